The highest BCUT2D eigenvalue weighted by Gasteiger charge is 2.17. The lowest BCUT2D eigenvalue weighted by molar-refractivity contribution is 1.08. The summed E-state index contributed by atoms with van der Waals surface area (Å²) in [6.07, 6.45) is 0. The molecule has 0 atom stereocenters. The maximum absolute atomic E-state index is 4.99. The Morgan fingerprint density at radius 2 is 0.718 bits per heavy atom. The number of nitrogens with zero attached hydrogens (tertiary/aromatic N) is 3. The predicted molar refractivity (Wildman–Crippen MR) is 164 cm³/mol. The molecule has 7 aromatic rings. The van der Waals surface area contributed by atoms with Gasteiger partial charge in [0.15, 0.2) is 17.5 Å². The second kappa shape index (κ2) is 9.90. The SMILES string of the molecule is Brc1ccc(-c2ccc(-c3nc(-c4ccccc4)nc(-c4ccccc4)n3)c3ccccc23)c2ccccc12. The Balaban J connectivity index is 1.47. The number of halogens is 1. The minimum Gasteiger partial charge on any atom is -0.208 e. The molecule has 0 aliphatic rings. The first-order valence-electron chi connectivity index (χ1n) is 12.8. The largest absolute Gasteiger partial charge is 0.208 e. The van der Waals surface area contributed by atoms with Crippen LogP contribution in [0.5, 0.6) is 0 Å². The second-order valence-corrected chi connectivity index (χ2v) is 10.2. The molecule has 0 aliphatic heterocycles. The van der Waals surface area contributed by atoms with E-state index in [-0.39, 0.29) is 0 Å². The van der Waals surface area contributed by atoms with Gasteiger partial charge in [-0.3, -0.25) is 0 Å². The number of hydrogen-bond acceptors (Lipinski definition) is 3. The first-order valence-corrected chi connectivity index (χ1v) is 13.6. The lowest BCUT2D eigenvalue weighted by atomic mass is 9.92. The van der Waals surface area contributed by atoms with E-state index < -0.39 is 0 Å². The topological polar surface area (TPSA) is 38.7 Å². The van der Waals surface area contributed by atoms with E-state index in [1.165, 1.54) is 21.9 Å². The number of rotatable bonds is 4. The molecule has 1 heterocycles. The Labute approximate surface area is 235 Å². The standard InChI is InChI=1S/C35H22BrN3/c36-32-22-21-29(26-16-9-10-18-30(26)32)28-19-20-31(27-17-8-7-15-25(27)28)35-38-33(23-11-3-1-4-12-23)37-34(39-35)24-13-5-2-6-14-24/h1-22H. The van der Waals surface area contributed by atoms with Crippen molar-refractivity contribution in [2.24, 2.45) is 0 Å². The number of fused-ring (bicyclic) bond motifs is 2. The van der Waals surface area contributed by atoms with E-state index in [0.29, 0.717) is 17.5 Å². The zero-order valence-corrected chi connectivity index (χ0v) is 22.5. The summed E-state index contributed by atoms with van der Waals surface area (Å²) in [5, 5.41) is 4.67. The van der Waals surface area contributed by atoms with Crippen LogP contribution in [-0.2, 0) is 0 Å². The average Bonchev–Trinajstić information content (AvgIpc) is 3.02. The number of aromatic nitrogens is 3. The molecule has 184 valence electrons. The van der Waals surface area contributed by atoms with Crippen LogP contribution in [0.1, 0.15) is 0 Å². The zero-order valence-electron chi connectivity index (χ0n) is 20.9. The minimum atomic E-state index is 0.658. The van der Waals surface area contributed by atoms with Crippen molar-refractivity contribution in [3.05, 3.63) is 138 Å². The molecule has 0 amide bonds. The highest BCUT2D eigenvalue weighted by molar-refractivity contribution is 9.10. The lowest BCUT2D eigenvalue weighted by Gasteiger charge is -2.15. The first kappa shape index (κ1) is 23.4. The second-order valence-electron chi connectivity index (χ2n) is 9.39. The van der Waals surface area contributed by atoms with Crippen LogP contribution < -0.4 is 0 Å². The van der Waals surface area contributed by atoms with Crippen molar-refractivity contribution in [3.63, 3.8) is 0 Å². The Morgan fingerprint density at radius 3 is 1.28 bits per heavy atom. The highest BCUT2D eigenvalue weighted by atomic mass is 79.9. The summed E-state index contributed by atoms with van der Waals surface area (Å²) in [7, 11) is 0. The molecule has 0 aliphatic carbocycles. The summed E-state index contributed by atoms with van der Waals surface area (Å²) in [5.74, 6) is 1.98. The quantitative estimate of drug-likeness (QED) is 0.214. The van der Waals surface area contributed by atoms with Crippen molar-refractivity contribution in [3.8, 4) is 45.3 Å². The molecule has 0 unspecified atom stereocenters. The van der Waals surface area contributed by atoms with Gasteiger partial charge in [0.05, 0.1) is 0 Å². The van der Waals surface area contributed by atoms with E-state index in [1.54, 1.807) is 0 Å². The Hall–Kier alpha value is -4.67. The average molecular weight is 564 g/mol. The van der Waals surface area contributed by atoms with Gasteiger partial charge in [-0.25, -0.2) is 15.0 Å². The van der Waals surface area contributed by atoms with Crippen LogP contribution in [0.15, 0.2) is 138 Å². The normalized spacial score (nSPS) is 11.2. The smallest absolute Gasteiger partial charge is 0.164 e. The van der Waals surface area contributed by atoms with E-state index in [1.807, 2.05) is 60.7 Å². The molecule has 0 saturated heterocycles. The third kappa shape index (κ3) is 4.29. The van der Waals surface area contributed by atoms with E-state index in [9.17, 15) is 0 Å². The lowest BCUT2D eigenvalue weighted by Crippen LogP contribution is -2.00. The molecule has 7 rings (SSSR count). The Bertz CT molecular complexity index is 1910. The number of hydrogen-bond donors (Lipinski definition) is 0. The highest BCUT2D eigenvalue weighted by Crippen LogP contribution is 2.39. The molecule has 4 heteroatoms. The summed E-state index contributed by atoms with van der Waals surface area (Å²) in [4.78, 5) is 14.8. The molecule has 1 aromatic heterocycles. The van der Waals surface area contributed by atoms with Gasteiger partial charge in [-0.2, -0.15) is 0 Å². The van der Waals surface area contributed by atoms with Crippen LogP contribution in [0.4, 0.5) is 0 Å². The van der Waals surface area contributed by atoms with Crippen LogP contribution in [0.25, 0.3) is 66.8 Å². The summed E-state index contributed by atoms with van der Waals surface area (Å²) in [6, 6.07) is 45.9. The first-order chi connectivity index (χ1) is 19.3. The molecule has 3 nitrogen and oxygen atoms in total. The summed E-state index contributed by atoms with van der Waals surface area (Å²) >= 11 is 3.73. The van der Waals surface area contributed by atoms with Crippen molar-refractivity contribution < 1.29 is 0 Å². The Kier molecular flexibility index (Phi) is 5.95. The predicted octanol–water partition coefficient (Wildman–Crippen LogP) is 9.61. The summed E-state index contributed by atoms with van der Waals surface area (Å²) < 4.78 is 1.09. The van der Waals surface area contributed by atoms with Gasteiger partial charge >= 0.3 is 0 Å². The van der Waals surface area contributed by atoms with Crippen molar-refractivity contribution in [1.82, 2.24) is 15.0 Å². The van der Waals surface area contributed by atoms with Crippen molar-refractivity contribution in [2.75, 3.05) is 0 Å². The van der Waals surface area contributed by atoms with Gasteiger partial charge in [0.2, 0.25) is 0 Å². The van der Waals surface area contributed by atoms with Crippen LogP contribution in [0.3, 0.4) is 0 Å². The van der Waals surface area contributed by atoms with Crippen LogP contribution >= 0.6 is 15.9 Å². The monoisotopic (exact) mass is 563 g/mol. The molecule has 0 saturated carbocycles. The summed E-state index contributed by atoms with van der Waals surface area (Å²) in [5.41, 5.74) is 5.27. The van der Waals surface area contributed by atoms with Crippen molar-refractivity contribution >= 4 is 37.5 Å². The molecule has 0 fully saturated rings. The van der Waals surface area contributed by atoms with Gasteiger partial charge in [-0.15, -0.1) is 0 Å². The molecular weight excluding hydrogens is 542 g/mol. The maximum atomic E-state index is 4.99. The van der Waals surface area contributed by atoms with E-state index >= 15 is 0 Å². The third-order valence-corrected chi connectivity index (χ3v) is 7.72. The molecular formula is C35H22BrN3. The van der Waals surface area contributed by atoms with Gasteiger partial charge < -0.3 is 0 Å². The Morgan fingerprint density at radius 1 is 0.333 bits per heavy atom. The molecule has 0 N–H and O–H groups in total. The number of benzene rings is 6. The zero-order chi connectivity index (χ0) is 26.2. The van der Waals surface area contributed by atoms with E-state index in [0.717, 1.165) is 31.9 Å². The van der Waals surface area contributed by atoms with Gasteiger partial charge in [0.1, 0.15) is 0 Å². The van der Waals surface area contributed by atoms with Gasteiger partial charge in [-0.1, -0.05) is 137 Å². The van der Waals surface area contributed by atoms with Gasteiger partial charge in [0.25, 0.3) is 0 Å². The fourth-order valence-electron chi connectivity index (χ4n) is 5.16. The summed E-state index contributed by atoms with van der Waals surface area (Å²) in [6.45, 7) is 0. The molecule has 0 spiro atoms. The molecule has 6 aromatic carbocycles. The fraction of sp³-hybridized carbons (Fsp3) is 0. The van der Waals surface area contributed by atoms with Crippen LogP contribution in [-0.4, -0.2) is 15.0 Å². The molecule has 0 bridgehead atoms. The third-order valence-electron chi connectivity index (χ3n) is 7.03. The van der Waals surface area contributed by atoms with Crippen LogP contribution in [0, 0.1) is 0 Å². The van der Waals surface area contributed by atoms with E-state index in [4.69, 9.17) is 15.0 Å². The van der Waals surface area contributed by atoms with E-state index in [2.05, 4.69) is 88.7 Å². The molecule has 39 heavy (non-hydrogen) atoms. The van der Waals surface area contributed by atoms with Crippen LogP contribution in [0.2, 0.25) is 0 Å². The minimum absolute atomic E-state index is 0.658. The van der Waals surface area contributed by atoms with Crippen molar-refractivity contribution in [1.29, 1.82) is 0 Å². The van der Waals surface area contributed by atoms with Gasteiger partial charge in [-0.05, 0) is 44.8 Å². The van der Waals surface area contributed by atoms with Crippen molar-refractivity contribution in [2.45, 2.75) is 0 Å². The van der Waals surface area contributed by atoms with Gasteiger partial charge in [0, 0.05) is 21.2 Å². The molecule has 0 radical (unpaired) electrons. The fourth-order valence-corrected chi connectivity index (χ4v) is 5.63. The maximum Gasteiger partial charge on any atom is 0.164 e.